The van der Waals surface area contributed by atoms with Crippen LogP contribution in [0.2, 0.25) is 0 Å². The molecular weight excluding hydrogens is 442 g/mol. The van der Waals surface area contributed by atoms with Gasteiger partial charge in [0.05, 0.1) is 17.5 Å². The van der Waals surface area contributed by atoms with Gasteiger partial charge in [-0.15, -0.1) is 0 Å². The standard InChI is InChI=1S/C22H17N5O2.C3H8O.C2H6/c1-14-4-3-5-15(8-14)18-9-17(13-28)27(25-18)22-7-6-20-19(24-22)10-21(29-20)16-11-23-26(2)12-16;1-3-4-2;1-2/h3-13H,1-2H3;3H2,1-2H3;1-2H3. The number of carbonyl (C=O) groups is 1. The van der Waals surface area contributed by atoms with Crippen molar-refractivity contribution in [2.45, 2.75) is 27.7 Å². The summed E-state index contributed by atoms with van der Waals surface area (Å²) < 4.78 is 13.7. The van der Waals surface area contributed by atoms with Crippen LogP contribution in [0.1, 0.15) is 36.8 Å². The van der Waals surface area contributed by atoms with Crippen LogP contribution in [-0.2, 0) is 11.8 Å². The Morgan fingerprint density at radius 1 is 1.09 bits per heavy atom. The summed E-state index contributed by atoms with van der Waals surface area (Å²) >= 11 is 0. The number of aromatic nitrogens is 5. The zero-order chi connectivity index (χ0) is 25.4. The van der Waals surface area contributed by atoms with E-state index >= 15 is 0 Å². The summed E-state index contributed by atoms with van der Waals surface area (Å²) in [5.41, 5.74) is 5.46. The molecule has 0 bridgehead atoms. The molecular formula is C27H31N5O3. The summed E-state index contributed by atoms with van der Waals surface area (Å²) in [6.45, 7) is 8.80. The van der Waals surface area contributed by atoms with Gasteiger partial charge in [0.1, 0.15) is 17.0 Å². The monoisotopic (exact) mass is 473 g/mol. The number of carbonyl (C=O) groups excluding carboxylic acids is 1. The normalized spacial score (nSPS) is 10.3. The van der Waals surface area contributed by atoms with Crippen molar-refractivity contribution in [3.63, 3.8) is 0 Å². The average molecular weight is 474 g/mol. The Balaban J connectivity index is 0.000000521. The van der Waals surface area contributed by atoms with E-state index in [1.54, 1.807) is 34.8 Å². The lowest BCUT2D eigenvalue weighted by Gasteiger charge is -2.02. The van der Waals surface area contributed by atoms with Crippen LogP contribution in [0.3, 0.4) is 0 Å². The second kappa shape index (κ2) is 11.9. The summed E-state index contributed by atoms with van der Waals surface area (Å²) in [4.78, 5) is 16.3. The highest BCUT2D eigenvalue weighted by molar-refractivity contribution is 5.81. The molecule has 0 radical (unpaired) electrons. The van der Waals surface area contributed by atoms with Gasteiger partial charge in [-0.3, -0.25) is 9.48 Å². The molecule has 0 fully saturated rings. The number of methoxy groups -OCH3 is 1. The maximum Gasteiger partial charge on any atom is 0.168 e. The van der Waals surface area contributed by atoms with Crippen LogP contribution in [0.4, 0.5) is 0 Å². The van der Waals surface area contributed by atoms with Crippen molar-refractivity contribution in [1.82, 2.24) is 24.5 Å². The third kappa shape index (κ3) is 5.91. The van der Waals surface area contributed by atoms with Crippen LogP contribution >= 0.6 is 0 Å². The number of hydrogen-bond donors (Lipinski definition) is 0. The number of rotatable bonds is 5. The third-order valence-corrected chi connectivity index (χ3v) is 5.03. The predicted octanol–water partition coefficient (Wildman–Crippen LogP) is 5.88. The minimum absolute atomic E-state index is 0.435. The molecule has 0 aliphatic carbocycles. The van der Waals surface area contributed by atoms with Gasteiger partial charge < -0.3 is 9.15 Å². The minimum Gasteiger partial charge on any atom is -0.454 e. The number of fused-ring (bicyclic) bond motifs is 1. The van der Waals surface area contributed by atoms with Crippen molar-refractivity contribution in [3.8, 4) is 28.4 Å². The molecule has 0 saturated carbocycles. The number of hydrogen-bond acceptors (Lipinski definition) is 6. The Bertz CT molecular complexity index is 1400. The fourth-order valence-electron chi connectivity index (χ4n) is 3.33. The number of benzene rings is 1. The first kappa shape index (κ1) is 25.6. The molecule has 5 rings (SSSR count). The van der Waals surface area contributed by atoms with E-state index in [-0.39, 0.29) is 0 Å². The highest BCUT2D eigenvalue weighted by Crippen LogP contribution is 2.28. The molecule has 4 aromatic heterocycles. The molecule has 0 saturated heterocycles. The van der Waals surface area contributed by atoms with Crippen molar-refractivity contribution in [1.29, 1.82) is 0 Å². The second-order valence-electron chi connectivity index (χ2n) is 7.50. The number of aryl methyl sites for hydroxylation is 2. The molecule has 35 heavy (non-hydrogen) atoms. The Labute approximate surface area is 205 Å². The highest BCUT2D eigenvalue weighted by atomic mass is 16.5. The lowest BCUT2D eigenvalue weighted by Crippen LogP contribution is -2.03. The van der Waals surface area contributed by atoms with Crippen molar-refractivity contribution in [3.05, 3.63) is 72.2 Å². The fourth-order valence-corrected chi connectivity index (χ4v) is 3.33. The van der Waals surface area contributed by atoms with Gasteiger partial charge in [0, 0.05) is 38.6 Å². The molecule has 8 nitrogen and oxygen atoms in total. The number of ether oxygens (including phenoxy) is 1. The first-order chi connectivity index (χ1) is 17.0. The first-order valence-electron chi connectivity index (χ1n) is 11.5. The maximum absolute atomic E-state index is 11.7. The van der Waals surface area contributed by atoms with E-state index in [2.05, 4.69) is 19.9 Å². The summed E-state index contributed by atoms with van der Waals surface area (Å²) in [5.74, 6) is 1.24. The van der Waals surface area contributed by atoms with E-state index in [0.29, 0.717) is 28.4 Å². The molecule has 182 valence electrons. The van der Waals surface area contributed by atoms with E-state index in [1.807, 2.05) is 77.3 Å². The predicted molar refractivity (Wildman–Crippen MR) is 138 cm³/mol. The molecule has 1 aromatic carbocycles. The first-order valence-corrected chi connectivity index (χ1v) is 11.5. The smallest absolute Gasteiger partial charge is 0.168 e. The Morgan fingerprint density at radius 3 is 2.49 bits per heavy atom. The zero-order valence-corrected chi connectivity index (χ0v) is 21.0. The van der Waals surface area contributed by atoms with E-state index < -0.39 is 0 Å². The minimum atomic E-state index is 0.435. The lowest BCUT2D eigenvalue weighted by molar-refractivity contribution is 0.111. The van der Waals surface area contributed by atoms with Crippen LogP contribution in [0.25, 0.3) is 39.5 Å². The van der Waals surface area contributed by atoms with E-state index in [4.69, 9.17) is 4.42 Å². The second-order valence-corrected chi connectivity index (χ2v) is 7.50. The van der Waals surface area contributed by atoms with E-state index in [0.717, 1.165) is 35.3 Å². The molecule has 0 spiro atoms. The summed E-state index contributed by atoms with van der Waals surface area (Å²) in [6, 6.07) is 15.3. The van der Waals surface area contributed by atoms with Crippen LogP contribution in [0.5, 0.6) is 0 Å². The Morgan fingerprint density at radius 2 is 1.86 bits per heavy atom. The van der Waals surface area contributed by atoms with Crippen LogP contribution in [0, 0.1) is 6.92 Å². The maximum atomic E-state index is 11.7. The van der Waals surface area contributed by atoms with E-state index in [9.17, 15) is 4.79 Å². The van der Waals surface area contributed by atoms with Gasteiger partial charge in [-0.2, -0.15) is 10.2 Å². The van der Waals surface area contributed by atoms with Crippen molar-refractivity contribution >= 4 is 17.4 Å². The molecule has 4 heterocycles. The topological polar surface area (TPSA) is 88.0 Å². The molecule has 0 unspecified atom stereocenters. The number of nitrogens with zero attached hydrogens (tertiary/aromatic N) is 5. The molecule has 0 aliphatic rings. The van der Waals surface area contributed by atoms with Gasteiger partial charge in [0.25, 0.3) is 0 Å². The van der Waals surface area contributed by atoms with Gasteiger partial charge in [-0.25, -0.2) is 9.67 Å². The Kier molecular flexibility index (Phi) is 8.69. The third-order valence-electron chi connectivity index (χ3n) is 5.03. The van der Waals surface area contributed by atoms with E-state index in [1.165, 1.54) is 0 Å². The SMILES string of the molecule is CC.CCOC.Cc1cccc(-c2cc(C=O)n(-c3ccc4oc(-c5cnn(C)c5)cc4n3)n2)c1. The van der Waals surface area contributed by atoms with Crippen LogP contribution in [0.15, 0.2) is 65.3 Å². The zero-order valence-electron chi connectivity index (χ0n) is 21.0. The average Bonchev–Trinajstić information content (AvgIpc) is 3.62. The largest absolute Gasteiger partial charge is 0.454 e. The molecule has 0 amide bonds. The van der Waals surface area contributed by atoms with Gasteiger partial charge in [0.15, 0.2) is 17.7 Å². The summed E-state index contributed by atoms with van der Waals surface area (Å²) in [7, 11) is 3.53. The molecule has 5 aromatic rings. The van der Waals surface area contributed by atoms with Crippen molar-refractivity contribution < 1.29 is 13.9 Å². The van der Waals surface area contributed by atoms with Crippen molar-refractivity contribution in [2.75, 3.05) is 13.7 Å². The van der Waals surface area contributed by atoms with Gasteiger partial charge >= 0.3 is 0 Å². The number of furan rings is 1. The van der Waals surface area contributed by atoms with Crippen LogP contribution in [-0.4, -0.2) is 44.5 Å². The molecule has 0 aliphatic heterocycles. The summed E-state index contributed by atoms with van der Waals surface area (Å²) in [6.07, 6.45) is 4.41. The van der Waals surface area contributed by atoms with Gasteiger partial charge in [0.2, 0.25) is 0 Å². The van der Waals surface area contributed by atoms with Gasteiger partial charge in [-0.05, 0) is 38.1 Å². The number of pyridine rings is 1. The number of aldehydes is 1. The van der Waals surface area contributed by atoms with Crippen LogP contribution < -0.4 is 0 Å². The Hall–Kier alpha value is -4.04. The molecule has 0 N–H and O–H groups in total. The fraction of sp³-hybridized carbons (Fsp3) is 0.259. The van der Waals surface area contributed by atoms with Crippen molar-refractivity contribution in [2.24, 2.45) is 7.05 Å². The molecule has 0 atom stereocenters. The van der Waals surface area contributed by atoms with Gasteiger partial charge in [-0.1, -0.05) is 37.6 Å². The lowest BCUT2D eigenvalue weighted by atomic mass is 10.1. The summed E-state index contributed by atoms with van der Waals surface area (Å²) in [5, 5.41) is 8.79. The highest BCUT2D eigenvalue weighted by Gasteiger charge is 2.14. The quantitative estimate of drug-likeness (QED) is 0.296. The molecule has 8 heteroatoms.